The Balaban J connectivity index is 1.49. The van der Waals surface area contributed by atoms with E-state index in [-0.39, 0.29) is 23.8 Å². The van der Waals surface area contributed by atoms with Gasteiger partial charge in [-0.05, 0) is 81.2 Å². The van der Waals surface area contributed by atoms with E-state index in [0.29, 0.717) is 12.5 Å². The Bertz CT molecular complexity index is 912. The van der Waals surface area contributed by atoms with E-state index in [1.54, 1.807) is 0 Å². The molecule has 1 heterocycles. The molecule has 1 N–H and O–H groups in total. The third-order valence-electron chi connectivity index (χ3n) is 6.48. The second-order valence-electron chi connectivity index (χ2n) is 8.64. The number of anilines is 1. The van der Waals surface area contributed by atoms with E-state index in [0.717, 1.165) is 35.2 Å². The third kappa shape index (κ3) is 4.07. The summed E-state index contributed by atoms with van der Waals surface area (Å²) in [5, 5.41) is 3.11. The highest BCUT2D eigenvalue weighted by Crippen LogP contribution is 2.40. The number of likely N-dealkylation sites (tertiary alicyclic amines) is 1. The second-order valence-corrected chi connectivity index (χ2v) is 8.64. The normalized spacial score (nSPS) is 21.7. The average Bonchev–Trinajstić information content (AvgIpc) is 3.53. The summed E-state index contributed by atoms with van der Waals surface area (Å²) in [6, 6.07) is 14.0. The van der Waals surface area contributed by atoms with Crippen molar-refractivity contribution in [3.05, 3.63) is 64.7 Å². The van der Waals surface area contributed by atoms with Gasteiger partial charge in [0, 0.05) is 23.8 Å². The van der Waals surface area contributed by atoms with Gasteiger partial charge in [0.05, 0.1) is 5.92 Å². The van der Waals surface area contributed by atoms with Crippen LogP contribution >= 0.6 is 0 Å². The molecule has 1 aliphatic carbocycles. The van der Waals surface area contributed by atoms with Gasteiger partial charge in [-0.1, -0.05) is 30.3 Å². The number of amides is 2. The van der Waals surface area contributed by atoms with Crippen LogP contribution in [0.15, 0.2) is 42.5 Å². The van der Waals surface area contributed by atoms with Crippen molar-refractivity contribution in [1.29, 1.82) is 0 Å². The molecule has 1 saturated heterocycles. The number of aryl methyl sites for hydroxylation is 2. The molecule has 2 aromatic rings. The van der Waals surface area contributed by atoms with Gasteiger partial charge in [0.2, 0.25) is 5.91 Å². The Hall–Kier alpha value is -2.62. The van der Waals surface area contributed by atoms with E-state index in [4.69, 9.17) is 0 Å². The Kier molecular flexibility index (Phi) is 5.44. The van der Waals surface area contributed by atoms with Crippen molar-refractivity contribution in [3.8, 4) is 0 Å². The fourth-order valence-electron chi connectivity index (χ4n) is 4.60. The summed E-state index contributed by atoms with van der Waals surface area (Å²) in [4.78, 5) is 28.3. The summed E-state index contributed by atoms with van der Waals surface area (Å²) in [5.41, 5.74) is 4.94. The van der Waals surface area contributed by atoms with Crippen molar-refractivity contribution in [2.45, 2.75) is 58.4 Å². The zero-order valence-electron chi connectivity index (χ0n) is 17.6. The number of carbonyl (C=O) groups excluding carboxylic acids is 2. The molecule has 2 aliphatic rings. The van der Waals surface area contributed by atoms with Crippen molar-refractivity contribution in [2.75, 3.05) is 11.9 Å². The summed E-state index contributed by atoms with van der Waals surface area (Å²) in [7, 11) is 0. The fraction of sp³-hybridized carbons (Fsp3) is 0.440. The summed E-state index contributed by atoms with van der Waals surface area (Å²) in [6.45, 7) is 6.67. The first-order valence-corrected chi connectivity index (χ1v) is 10.7. The van der Waals surface area contributed by atoms with Crippen LogP contribution in [0.5, 0.6) is 0 Å². The zero-order valence-corrected chi connectivity index (χ0v) is 17.6. The predicted molar refractivity (Wildman–Crippen MR) is 116 cm³/mol. The van der Waals surface area contributed by atoms with Crippen LogP contribution in [0.4, 0.5) is 5.69 Å². The number of hydrogen-bond donors (Lipinski definition) is 1. The van der Waals surface area contributed by atoms with Gasteiger partial charge < -0.3 is 10.2 Å². The first-order chi connectivity index (χ1) is 14.0. The first kappa shape index (κ1) is 19.7. The SMILES string of the molecule is Cc1cccc(C)c1C(=O)N1CCCC(C(=O)Nc2cccc(C3CC3)c2)[C@@H]1C. The molecule has 1 aliphatic heterocycles. The lowest BCUT2D eigenvalue weighted by Crippen LogP contribution is -2.50. The lowest BCUT2D eigenvalue weighted by molar-refractivity contribution is -0.122. The lowest BCUT2D eigenvalue weighted by atomic mass is 9.88. The highest BCUT2D eigenvalue weighted by Gasteiger charge is 2.36. The van der Waals surface area contributed by atoms with Crippen LogP contribution in [0.1, 0.15) is 65.6 Å². The molecule has 1 unspecified atom stereocenters. The quantitative estimate of drug-likeness (QED) is 0.793. The maximum absolute atomic E-state index is 13.3. The molecule has 0 aromatic heterocycles. The molecular weight excluding hydrogens is 360 g/mol. The van der Waals surface area contributed by atoms with Crippen LogP contribution in [-0.2, 0) is 4.79 Å². The number of hydrogen-bond acceptors (Lipinski definition) is 2. The number of piperidine rings is 1. The van der Waals surface area contributed by atoms with Gasteiger partial charge in [0.1, 0.15) is 0 Å². The van der Waals surface area contributed by atoms with E-state index in [1.165, 1.54) is 18.4 Å². The standard InChI is InChI=1S/C25H30N2O2/c1-16-7-4-8-17(2)23(16)25(29)27-14-6-11-22(18(27)3)24(28)26-21-10-5-9-20(15-21)19-12-13-19/h4-5,7-10,15,18-19,22H,6,11-14H2,1-3H3,(H,26,28)/t18-,22?/m0/s1. The minimum absolute atomic E-state index is 0.0180. The van der Waals surface area contributed by atoms with Gasteiger partial charge in [-0.2, -0.15) is 0 Å². The molecule has 1 saturated carbocycles. The molecule has 0 spiro atoms. The molecule has 2 fully saturated rings. The molecule has 4 heteroatoms. The third-order valence-corrected chi connectivity index (χ3v) is 6.48. The minimum atomic E-state index is -0.193. The van der Waals surface area contributed by atoms with E-state index in [1.807, 2.05) is 56.0 Å². The molecule has 2 aromatic carbocycles. The summed E-state index contributed by atoms with van der Waals surface area (Å²) < 4.78 is 0. The van der Waals surface area contributed by atoms with Gasteiger partial charge >= 0.3 is 0 Å². The van der Waals surface area contributed by atoms with Gasteiger partial charge in [-0.3, -0.25) is 9.59 Å². The van der Waals surface area contributed by atoms with Crippen LogP contribution in [0.2, 0.25) is 0 Å². The van der Waals surface area contributed by atoms with E-state index >= 15 is 0 Å². The first-order valence-electron chi connectivity index (χ1n) is 10.7. The molecule has 29 heavy (non-hydrogen) atoms. The molecule has 2 atom stereocenters. The highest BCUT2D eigenvalue weighted by atomic mass is 16.2. The van der Waals surface area contributed by atoms with Gasteiger partial charge in [0.25, 0.3) is 5.91 Å². The molecule has 4 rings (SSSR count). The number of carbonyl (C=O) groups is 2. The maximum Gasteiger partial charge on any atom is 0.254 e. The monoisotopic (exact) mass is 390 g/mol. The molecule has 4 nitrogen and oxygen atoms in total. The Morgan fingerprint density at radius 3 is 2.38 bits per heavy atom. The zero-order chi connectivity index (χ0) is 20.5. The number of rotatable bonds is 4. The van der Waals surface area contributed by atoms with Crippen LogP contribution in [0, 0.1) is 19.8 Å². The minimum Gasteiger partial charge on any atom is -0.335 e. The van der Waals surface area contributed by atoms with E-state index < -0.39 is 0 Å². The average molecular weight is 391 g/mol. The van der Waals surface area contributed by atoms with Crippen molar-refractivity contribution in [3.63, 3.8) is 0 Å². The summed E-state index contributed by atoms with van der Waals surface area (Å²) in [5.74, 6) is 0.526. The molecule has 0 bridgehead atoms. The largest absolute Gasteiger partial charge is 0.335 e. The predicted octanol–water partition coefficient (Wildman–Crippen LogP) is 5.06. The number of nitrogens with zero attached hydrogens (tertiary/aromatic N) is 1. The second kappa shape index (κ2) is 8.02. The molecule has 0 radical (unpaired) electrons. The van der Waals surface area contributed by atoms with Crippen molar-refractivity contribution in [1.82, 2.24) is 4.90 Å². The van der Waals surface area contributed by atoms with Crippen LogP contribution in [-0.4, -0.2) is 29.3 Å². The molecule has 152 valence electrons. The van der Waals surface area contributed by atoms with Crippen molar-refractivity contribution >= 4 is 17.5 Å². The van der Waals surface area contributed by atoms with E-state index in [9.17, 15) is 9.59 Å². The fourth-order valence-corrected chi connectivity index (χ4v) is 4.60. The lowest BCUT2D eigenvalue weighted by Gasteiger charge is -2.39. The van der Waals surface area contributed by atoms with Crippen LogP contribution in [0.25, 0.3) is 0 Å². The number of benzene rings is 2. The Morgan fingerprint density at radius 2 is 1.69 bits per heavy atom. The maximum atomic E-state index is 13.3. The Labute approximate surface area is 173 Å². The molecule has 2 amide bonds. The van der Waals surface area contributed by atoms with Gasteiger partial charge in [0.15, 0.2) is 0 Å². The van der Waals surface area contributed by atoms with Crippen LogP contribution in [0.3, 0.4) is 0 Å². The van der Waals surface area contributed by atoms with Crippen molar-refractivity contribution < 1.29 is 9.59 Å². The van der Waals surface area contributed by atoms with Crippen LogP contribution < -0.4 is 5.32 Å². The van der Waals surface area contributed by atoms with E-state index in [2.05, 4.69) is 17.4 Å². The smallest absolute Gasteiger partial charge is 0.254 e. The summed E-state index contributed by atoms with van der Waals surface area (Å²) >= 11 is 0. The van der Waals surface area contributed by atoms with Gasteiger partial charge in [-0.25, -0.2) is 0 Å². The Morgan fingerprint density at radius 1 is 1.00 bits per heavy atom. The number of nitrogens with one attached hydrogen (secondary N) is 1. The molecular formula is C25H30N2O2. The highest BCUT2D eigenvalue weighted by molar-refractivity contribution is 5.98. The topological polar surface area (TPSA) is 49.4 Å². The van der Waals surface area contributed by atoms with Gasteiger partial charge in [-0.15, -0.1) is 0 Å². The summed E-state index contributed by atoms with van der Waals surface area (Å²) in [6.07, 6.45) is 4.14. The van der Waals surface area contributed by atoms with Crippen molar-refractivity contribution in [2.24, 2.45) is 5.92 Å².